The van der Waals surface area contributed by atoms with Crippen molar-refractivity contribution in [3.05, 3.63) is 43.2 Å². The predicted molar refractivity (Wildman–Crippen MR) is 75.1 cm³/mol. The Hall–Kier alpha value is -0.690. The molecular formula is C11H11BrN2OS2. The van der Waals surface area contributed by atoms with Crippen LogP contribution in [-0.2, 0) is 11.3 Å². The van der Waals surface area contributed by atoms with Crippen LogP contribution in [0, 0.1) is 0 Å². The normalized spacial score (nSPS) is 12.5. The van der Waals surface area contributed by atoms with Crippen molar-refractivity contribution < 1.29 is 4.79 Å². The van der Waals surface area contributed by atoms with Crippen molar-refractivity contribution in [2.24, 2.45) is 5.73 Å². The highest BCUT2D eigenvalue weighted by atomic mass is 79.9. The van der Waals surface area contributed by atoms with Gasteiger partial charge in [-0.15, -0.1) is 22.7 Å². The van der Waals surface area contributed by atoms with Crippen LogP contribution in [0.4, 0.5) is 0 Å². The van der Waals surface area contributed by atoms with E-state index in [4.69, 9.17) is 5.73 Å². The first kappa shape index (κ1) is 12.8. The Morgan fingerprint density at radius 1 is 1.47 bits per heavy atom. The zero-order chi connectivity index (χ0) is 12.3. The first-order valence-electron chi connectivity index (χ1n) is 4.97. The molecule has 6 heteroatoms. The molecule has 3 N–H and O–H groups in total. The van der Waals surface area contributed by atoms with Crippen molar-refractivity contribution in [3.63, 3.8) is 0 Å². The van der Waals surface area contributed by atoms with Gasteiger partial charge in [-0.3, -0.25) is 10.1 Å². The minimum atomic E-state index is -0.423. The maximum atomic E-state index is 11.4. The second-order valence-corrected chi connectivity index (χ2v) is 6.96. The molecule has 2 aromatic rings. The van der Waals surface area contributed by atoms with Gasteiger partial charge in [0.2, 0.25) is 5.91 Å². The van der Waals surface area contributed by atoms with E-state index in [-0.39, 0.29) is 5.91 Å². The van der Waals surface area contributed by atoms with Gasteiger partial charge in [0, 0.05) is 16.3 Å². The van der Waals surface area contributed by atoms with E-state index in [0.717, 1.165) is 8.66 Å². The van der Waals surface area contributed by atoms with Crippen LogP contribution in [0.15, 0.2) is 33.4 Å². The minimum Gasteiger partial charge on any atom is -0.368 e. The van der Waals surface area contributed by atoms with Crippen molar-refractivity contribution in [2.45, 2.75) is 12.6 Å². The summed E-state index contributed by atoms with van der Waals surface area (Å²) in [4.78, 5) is 13.5. The topological polar surface area (TPSA) is 55.1 Å². The van der Waals surface area contributed by atoms with E-state index in [1.165, 1.54) is 16.2 Å². The highest BCUT2D eigenvalue weighted by molar-refractivity contribution is 9.11. The van der Waals surface area contributed by atoms with Crippen LogP contribution in [0.3, 0.4) is 0 Å². The summed E-state index contributed by atoms with van der Waals surface area (Å²) in [6, 6.07) is 7.42. The number of hydrogen-bond donors (Lipinski definition) is 2. The maximum Gasteiger partial charge on any atom is 0.240 e. The number of amides is 1. The van der Waals surface area contributed by atoms with Crippen molar-refractivity contribution in [1.29, 1.82) is 0 Å². The lowest BCUT2D eigenvalue weighted by Crippen LogP contribution is -2.32. The van der Waals surface area contributed by atoms with Crippen molar-refractivity contribution in [1.82, 2.24) is 5.32 Å². The Labute approximate surface area is 116 Å². The average molecular weight is 331 g/mol. The standard InChI is InChI=1S/C11H11BrN2OS2/c12-9-4-3-8(17-9)10(11(13)15)14-6-7-2-1-5-16-7/h1-5,10,14H,6H2,(H2,13,15). The van der Waals surface area contributed by atoms with Crippen LogP contribution in [0.1, 0.15) is 15.8 Å². The lowest BCUT2D eigenvalue weighted by atomic mass is 10.2. The quantitative estimate of drug-likeness (QED) is 0.885. The molecule has 0 saturated carbocycles. The number of thiophene rings is 2. The molecule has 90 valence electrons. The van der Waals surface area contributed by atoms with E-state index in [0.29, 0.717) is 6.54 Å². The molecule has 0 fully saturated rings. The fourth-order valence-corrected chi connectivity index (χ4v) is 3.60. The monoisotopic (exact) mass is 330 g/mol. The Morgan fingerprint density at radius 3 is 2.82 bits per heavy atom. The summed E-state index contributed by atoms with van der Waals surface area (Å²) < 4.78 is 0.997. The first-order valence-corrected chi connectivity index (χ1v) is 7.46. The molecule has 1 amide bonds. The number of nitrogens with two attached hydrogens (primary N) is 1. The molecule has 0 spiro atoms. The molecule has 0 aliphatic heterocycles. The number of nitrogens with one attached hydrogen (secondary N) is 1. The summed E-state index contributed by atoms with van der Waals surface area (Å²) in [7, 11) is 0. The second kappa shape index (κ2) is 5.77. The van der Waals surface area contributed by atoms with Crippen LogP contribution in [-0.4, -0.2) is 5.91 Å². The maximum absolute atomic E-state index is 11.4. The predicted octanol–water partition coefficient (Wildman–Crippen LogP) is 2.89. The smallest absolute Gasteiger partial charge is 0.240 e. The van der Waals surface area contributed by atoms with Gasteiger partial charge in [-0.1, -0.05) is 6.07 Å². The van der Waals surface area contributed by atoms with Crippen molar-refractivity contribution in [3.8, 4) is 0 Å². The summed E-state index contributed by atoms with van der Waals surface area (Å²) in [5, 5.41) is 5.19. The summed E-state index contributed by atoms with van der Waals surface area (Å²) in [5.74, 6) is -0.351. The fourth-order valence-electron chi connectivity index (χ4n) is 1.44. The molecule has 0 bridgehead atoms. The van der Waals surface area contributed by atoms with Crippen LogP contribution in [0.25, 0.3) is 0 Å². The zero-order valence-corrected chi connectivity index (χ0v) is 12.1. The van der Waals surface area contributed by atoms with Crippen LogP contribution in [0.2, 0.25) is 0 Å². The third-order valence-corrected chi connectivity index (χ3v) is 4.79. The summed E-state index contributed by atoms with van der Waals surface area (Å²) in [5.41, 5.74) is 5.41. The lowest BCUT2D eigenvalue weighted by molar-refractivity contribution is -0.120. The first-order chi connectivity index (χ1) is 8.16. The van der Waals surface area contributed by atoms with Crippen LogP contribution in [0.5, 0.6) is 0 Å². The Morgan fingerprint density at radius 2 is 2.29 bits per heavy atom. The molecule has 2 rings (SSSR count). The molecule has 2 heterocycles. The van der Waals surface area contributed by atoms with Gasteiger partial charge in [0.25, 0.3) is 0 Å². The van der Waals surface area contributed by atoms with E-state index in [9.17, 15) is 4.79 Å². The zero-order valence-electron chi connectivity index (χ0n) is 8.85. The van der Waals surface area contributed by atoms with E-state index < -0.39 is 6.04 Å². The SMILES string of the molecule is NC(=O)C(NCc1cccs1)c1ccc(Br)s1. The molecule has 3 nitrogen and oxygen atoms in total. The average Bonchev–Trinajstić information content (AvgIpc) is 2.90. The van der Waals surface area contributed by atoms with Gasteiger partial charge in [-0.25, -0.2) is 0 Å². The Balaban J connectivity index is 2.05. The molecular weight excluding hydrogens is 320 g/mol. The summed E-state index contributed by atoms with van der Waals surface area (Å²) in [6.45, 7) is 0.654. The van der Waals surface area contributed by atoms with Gasteiger partial charge in [-0.2, -0.15) is 0 Å². The number of carbonyl (C=O) groups excluding carboxylic acids is 1. The third kappa shape index (κ3) is 3.38. The van der Waals surface area contributed by atoms with Crippen LogP contribution >= 0.6 is 38.6 Å². The van der Waals surface area contributed by atoms with Crippen molar-refractivity contribution >= 4 is 44.5 Å². The fraction of sp³-hybridized carbons (Fsp3) is 0.182. The van der Waals surface area contributed by atoms with E-state index >= 15 is 0 Å². The van der Waals surface area contributed by atoms with Gasteiger partial charge in [0.15, 0.2) is 0 Å². The second-order valence-electron chi connectivity index (χ2n) is 3.44. The van der Waals surface area contributed by atoms with Gasteiger partial charge >= 0.3 is 0 Å². The number of hydrogen-bond acceptors (Lipinski definition) is 4. The molecule has 1 unspecified atom stereocenters. The van der Waals surface area contributed by atoms with E-state index in [1.807, 2.05) is 29.6 Å². The van der Waals surface area contributed by atoms with Gasteiger partial charge in [-0.05, 0) is 39.5 Å². The molecule has 0 aromatic carbocycles. The molecule has 0 radical (unpaired) electrons. The molecule has 0 aliphatic carbocycles. The molecule has 1 atom stereocenters. The summed E-state index contributed by atoms with van der Waals surface area (Å²) in [6.07, 6.45) is 0. The Bertz CT molecular complexity index is 495. The largest absolute Gasteiger partial charge is 0.368 e. The van der Waals surface area contributed by atoms with Crippen LogP contribution < -0.4 is 11.1 Å². The van der Waals surface area contributed by atoms with Gasteiger partial charge in [0.05, 0.1) is 3.79 Å². The molecule has 0 saturated heterocycles. The molecule has 17 heavy (non-hydrogen) atoms. The lowest BCUT2D eigenvalue weighted by Gasteiger charge is -2.12. The minimum absolute atomic E-state index is 0.351. The van der Waals surface area contributed by atoms with E-state index in [1.54, 1.807) is 11.3 Å². The van der Waals surface area contributed by atoms with Gasteiger partial charge < -0.3 is 5.73 Å². The third-order valence-electron chi connectivity index (χ3n) is 2.22. The van der Waals surface area contributed by atoms with Crippen molar-refractivity contribution in [2.75, 3.05) is 0 Å². The molecule has 0 aliphatic rings. The highest BCUT2D eigenvalue weighted by Gasteiger charge is 2.19. The molecule has 2 aromatic heterocycles. The highest BCUT2D eigenvalue weighted by Crippen LogP contribution is 2.27. The number of halogens is 1. The summed E-state index contributed by atoms with van der Waals surface area (Å²) >= 11 is 6.55. The number of rotatable bonds is 5. The van der Waals surface area contributed by atoms with E-state index in [2.05, 4.69) is 21.2 Å². The number of primary amides is 1. The number of carbonyl (C=O) groups is 1. The van der Waals surface area contributed by atoms with Gasteiger partial charge in [0.1, 0.15) is 6.04 Å². The Kier molecular flexibility index (Phi) is 4.33.